The third-order valence-electron chi connectivity index (χ3n) is 2.50. The van der Waals surface area contributed by atoms with Gasteiger partial charge in [-0.25, -0.2) is 0 Å². The smallest absolute Gasteiger partial charge is 0.244 e. The number of likely N-dealkylation sites (N-methyl/N-ethyl adjacent to an activating group) is 1. The lowest BCUT2D eigenvalue weighted by atomic mass is 10.2. The number of halogens is 1. The summed E-state index contributed by atoms with van der Waals surface area (Å²) in [6, 6.07) is 1.70. The lowest BCUT2D eigenvalue weighted by Crippen LogP contribution is -2.30. The Morgan fingerprint density at radius 3 is 3.06 bits per heavy atom. The average molecular weight is 257 g/mol. The molecule has 1 aliphatic rings. The van der Waals surface area contributed by atoms with Crippen molar-refractivity contribution in [2.24, 2.45) is 0 Å². The first-order chi connectivity index (χ1) is 7.63. The molecule has 1 amide bonds. The number of hydrogen-bond acceptors (Lipinski definition) is 5. The van der Waals surface area contributed by atoms with Crippen LogP contribution >= 0.6 is 23.1 Å². The summed E-state index contributed by atoms with van der Waals surface area (Å²) in [6.45, 7) is 0.727. The third kappa shape index (κ3) is 1.84. The van der Waals surface area contributed by atoms with Crippen molar-refractivity contribution in [2.75, 3.05) is 18.9 Å². The highest BCUT2D eigenvalue weighted by molar-refractivity contribution is 7.10. The van der Waals surface area contributed by atoms with Gasteiger partial charge in [0, 0.05) is 13.6 Å². The number of rotatable bonds is 2. The van der Waals surface area contributed by atoms with Gasteiger partial charge in [0.05, 0.1) is 0 Å². The van der Waals surface area contributed by atoms with Crippen LogP contribution in [0.4, 0.5) is 5.00 Å². The molecule has 0 saturated carbocycles. The van der Waals surface area contributed by atoms with Gasteiger partial charge in [-0.1, -0.05) is 11.6 Å². The first kappa shape index (κ1) is 11.2. The van der Waals surface area contributed by atoms with E-state index < -0.39 is 0 Å². The number of likely N-dealkylation sites (tertiary alicyclic amines) is 1. The topological polar surface area (TPSA) is 69.0 Å². The lowest BCUT2D eigenvalue weighted by molar-refractivity contribution is -0.127. The highest BCUT2D eigenvalue weighted by Gasteiger charge is 2.30. The SMILES string of the molecule is CN1CCC(Nc2snc(Cl)c2C#N)C1=O. The van der Waals surface area contributed by atoms with Crippen molar-refractivity contribution in [3.05, 3.63) is 10.7 Å². The van der Waals surface area contributed by atoms with Crippen LogP contribution in [0.2, 0.25) is 5.15 Å². The van der Waals surface area contributed by atoms with E-state index in [9.17, 15) is 4.79 Å². The highest BCUT2D eigenvalue weighted by atomic mass is 35.5. The molecule has 1 saturated heterocycles. The quantitative estimate of drug-likeness (QED) is 0.866. The fourth-order valence-electron chi connectivity index (χ4n) is 1.58. The van der Waals surface area contributed by atoms with Gasteiger partial charge < -0.3 is 10.2 Å². The zero-order valence-electron chi connectivity index (χ0n) is 8.53. The molecule has 2 heterocycles. The van der Waals surface area contributed by atoms with Crippen LogP contribution in [-0.4, -0.2) is 34.8 Å². The molecule has 7 heteroatoms. The van der Waals surface area contributed by atoms with Gasteiger partial charge in [0.25, 0.3) is 0 Å². The molecule has 84 valence electrons. The predicted molar refractivity (Wildman–Crippen MR) is 61.5 cm³/mol. The summed E-state index contributed by atoms with van der Waals surface area (Å²) in [7, 11) is 1.76. The van der Waals surface area contributed by atoms with E-state index in [0.29, 0.717) is 10.6 Å². The summed E-state index contributed by atoms with van der Waals surface area (Å²) >= 11 is 6.84. The fourth-order valence-corrected chi connectivity index (χ4v) is 2.57. The summed E-state index contributed by atoms with van der Waals surface area (Å²) in [4.78, 5) is 13.3. The maximum Gasteiger partial charge on any atom is 0.244 e. The zero-order valence-corrected chi connectivity index (χ0v) is 10.1. The number of carbonyl (C=O) groups excluding carboxylic acids is 1. The second-order valence-corrected chi connectivity index (χ2v) is 4.67. The molecule has 1 atom stereocenters. The first-order valence-electron chi connectivity index (χ1n) is 4.70. The van der Waals surface area contributed by atoms with Crippen molar-refractivity contribution in [1.82, 2.24) is 9.27 Å². The molecule has 1 N–H and O–H groups in total. The number of nitriles is 1. The van der Waals surface area contributed by atoms with Gasteiger partial charge in [0.1, 0.15) is 22.7 Å². The second kappa shape index (κ2) is 4.28. The van der Waals surface area contributed by atoms with Crippen LogP contribution in [0.15, 0.2) is 0 Å². The third-order valence-corrected chi connectivity index (χ3v) is 3.65. The van der Waals surface area contributed by atoms with E-state index >= 15 is 0 Å². The van der Waals surface area contributed by atoms with E-state index in [0.717, 1.165) is 24.5 Å². The molecule has 1 aromatic heterocycles. The van der Waals surface area contributed by atoms with Crippen molar-refractivity contribution in [2.45, 2.75) is 12.5 Å². The molecule has 16 heavy (non-hydrogen) atoms. The summed E-state index contributed by atoms with van der Waals surface area (Å²) in [5.74, 6) is 0.0356. The highest BCUT2D eigenvalue weighted by Crippen LogP contribution is 2.29. The standard InChI is InChI=1S/C9H9ClN4OS/c1-14-3-2-6(9(14)15)12-8-5(4-11)7(10)13-16-8/h6,12H,2-3H2,1H3. The first-order valence-corrected chi connectivity index (χ1v) is 5.85. The zero-order chi connectivity index (χ0) is 11.7. The molecule has 0 aliphatic carbocycles. The van der Waals surface area contributed by atoms with Gasteiger partial charge in [-0.15, -0.1) is 0 Å². The minimum Gasteiger partial charge on any atom is -0.363 e. The van der Waals surface area contributed by atoms with Gasteiger partial charge in [-0.05, 0) is 18.0 Å². The van der Waals surface area contributed by atoms with E-state index in [1.165, 1.54) is 0 Å². The average Bonchev–Trinajstić information content (AvgIpc) is 2.76. The molecular weight excluding hydrogens is 248 g/mol. The van der Waals surface area contributed by atoms with Crippen LogP contribution in [0.1, 0.15) is 12.0 Å². The van der Waals surface area contributed by atoms with E-state index in [-0.39, 0.29) is 17.1 Å². The van der Waals surface area contributed by atoms with E-state index in [4.69, 9.17) is 16.9 Å². The van der Waals surface area contributed by atoms with Crippen LogP contribution in [0.5, 0.6) is 0 Å². The Kier molecular flexibility index (Phi) is 2.99. The van der Waals surface area contributed by atoms with Crippen LogP contribution < -0.4 is 5.32 Å². The Bertz CT molecular complexity index is 467. The van der Waals surface area contributed by atoms with Gasteiger partial charge in [0.15, 0.2) is 5.15 Å². The number of nitrogens with zero attached hydrogens (tertiary/aromatic N) is 3. The molecule has 5 nitrogen and oxygen atoms in total. The minimum absolute atomic E-state index is 0.0356. The number of carbonyl (C=O) groups is 1. The van der Waals surface area contributed by atoms with Crippen LogP contribution in [0, 0.1) is 11.3 Å². The van der Waals surface area contributed by atoms with Crippen LogP contribution in [0.3, 0.4) is 0 Å². The van der Waals surface area contributed by atoms with Crippen molar-refractivity contribution in [3.63, 3.8) is 0 Å². The Balaban J connectivity index is 2.16. The summed E-state index contributed by atoms with van der Waals surface area (Å²) < 4.78 is 3.87. The van der Waals surface area contributed by atoms with Crippen molar-refractivity contribution < 1.29 is 4.79 Å². The van der Waals surface area contributed by atoms with Crippen LogP contribution in [-0.2, 0) is 4.79 Å². The minimum atomic E-state index is -0.270. The van der Waals surface area contributed by atoms with E-state index in [1.807, 2.05) is 6.07 Å². The molecule has 0 radical (unpaired) electrons. The largest absolute Gasteiger partial charge is 0.363 e. The number of amides is 1. The van der Waals surface area contributed by atoms with Crippen LogP contribution in [0.25, 0.3) is 0 Å². The Labute approximate surface area is 102 Å². The molecule has 1 fully saturated rings. The number of hydrogen-bond donors (Lipinski definition) is 1. The number of nitrogens with one attached hydrogen (secondary N) is 1. The van der Waals surface area contributed by atoms with Gasteiger partial charge >= 0.3 is 0 Å². The summed E-state index contributed by atoms with van der Waals surface area (Å²) in [5.41, 5.74) is 0.314. The predicted octanol–water partition coefficient (Wildman–Crippen LogP) is 1.31. The van der Waals surface area contributed by atoms with Crippen molar-refractivity contribution in [1.29, 1.82) is 5.26 Å². The number of anilines is 1. The molecule has 1 unspecified atom stereocenters. The van der Waals surface area contributed by atoms with E-state index in [1.54, 1.807) is 11.9 Å². The summed E-state index contributed by atoms with van der Waals surface area (Å²) in [6.07, 6.45) is 0.732. The lowest BCUT2D eigenvalue weighted by Gasteiger charge is -2.11. The van der Waals surface area contributed by atoms with Gasteiger partial charge in [-0.2, -0.15) is 9.64 Å². The van der Waals surface area contributed by atoms with E-state index in [2.05, 4.69) is 9.69 Å². The fraction of sp³-hybridized carbons (Fsp3) is 0.444. The molecule has 0 spiro atoms. The molecule has 0 aromatic carbocycles. The van der Waals surface area contributed by atoms with Gasteiger partial charge in [0.2, 0.25) is 5.91 Å². The monoisotopic (exact) mass is 256 g/mol. The molecular formula is C9H9ClN4OS. The van der Waals surface area contributed by atoms with Crippen molar-refractivity contribution >= 4 is 34.0 Å². The molecule has 1 aromatic rings. The maximum absolute atomic E-state index is 11.6. The Morgan fingerprint density at radius 1 is 1.75 bits per heavy atom. The Hall–Kier alpha value is -1.32. The maximum atomic E-state index is 11.6. The molecule has 1 aliphatic heterocycles. The normalized spacial score (nSPS) is 19.9. The Morgan fingerprint density at radius 2 is 2.50 bits per heavy atom. The molecule has 2 rings (SSSR count). The van der Waals surface area contributed by atoms with Gasteiger partial charge in [-0.3, -0.25) is 4.79 Å². The molecule has 0 bridgehead atoms. The summed E-state index contributed by atoms with van der Waals surface area (Å²) in [5, 5.41) is 12.7. The second-order valence-electron chi connectivity index (χ2n) is 3.53. The number of aromatic nitrogens is 1. The van der Waals surface area contributed by atoms with Crippen molar-refractivity contribution in [3.8, 4) is 6.07 Å².